The summed E-state index contributed by atoms with van der Waals surface area (Å²) in [5.74, 6) is -1.66. The number of carboxylic acids is 1. The van der Waals surface area contributed by atoms with Gasteiger partial charge in [0.2, 0.25) is 5.91 Å². The number of carbonyl (C=O) groups excluding carboxylic acids is 1. The molecule has 1 amide bonds. The van der Waals surface area contributed by atoms with E-state index in [1.165, 1.54) is 6.92 Å². The topological polar surface area (TPSA) is 101 Å². The van der Waals surface area contributed by atoms with E-state index in [0.717, 1.165) is 0 Å². The maximum absolute atomic E-state index is 12.2. The van der Waals surface area contributed by atoms with Gasteiger partial charge in [-0.3, -0.25) is 9.59 Å². The molecule has 2 unspecified atom stereocenters. The standard InChI is InChI=1S/C16H21NO5S/c1-16(15(19)20,12-7-3-2-4-8-12)11-17-14(18)13-9-5-6-10-23(13,21)22/h2-4,7-8,13H,5-6,9-11H2,1H3,(H,17,18)(H,19,20). The number of carboxylic acid groups (broad SMARTS) is 1. The van der Waals surface area contributed by atoms with Crippen molar-refractivity contribution in [1.29, 1.82) is 0 Å². The molecule has 6 nitrogen and oxygen atoms in total. The molecule has 7 heteroatoms. The molecule has 0 aliphatic carbocycles. The monoisotopic (exact) mass is 339 g/mol. The van der Waals surface area contributed by atoms with Crippen molar-refractivity contribution in [3.63, 3.8) is 0 Å². The average Bonchev–Trinajstić information content (AvgIpc) is 2.52. The molecule has 23 heavy (non-hydrogen) atoms. The van der Waals surface area contributed by atoms with Gasteiger partial charge in [-0.25, -0.2) is 8.42 Å². The molecule has 1 heterocycles. The Balaban J connectivity index is 2.13. The van der Waals surface area contributed by atoms with Gasteiger partial charge < -0.3 is 10.4 Å². The van der Waals surface area contributed by atoms with Crippen molar-refractivity contribution < 1.29 is 23.1 Å². The third kappa shape index (κ3) is 3.72. The highest BCUT2D eigenvalue weighted by molar-refractivity contribution is 7.92. The minimum atomic E-state index is -3.43. The van der Waals surface area contributed by atoms with Gasteiger partial charge in [0.25, 0.3) is 0 Å². The fourth-order valence-corrected chi connectivity index (χ4v) is 4.56. The molecule has 126 valence electrons. The Hall–Kier alpha value is -1.89. The highest BCUT2D eigenvalue weighted by Gasteiger charge is 2.39. The lowest BCUT2D eigenvalue weighted by Crippen LogP contribution is -2.49. The van der Waals surface area contributed by atoms with E-state index in [1.54, 1.807) is 30.3 Å². The normalized spacial score (nSPS) is 22.7. The van der Waals surface area contributed by atoms with Crippen molar-refractivity contribution in [3.8, 4) is 0 Å². The predicted octanol–water partition coefficient (Wildman–Crippen LogP) is 1.11. The molecule has 0 radical (unpaired) electrons. The average molecular weight is 339 g/mol. The maximum Gasteiger partial charge on any atom is 0.315 e. The van der Waals surface area contributed by atoms with Gasteiger partial charge in [0.1, 0.15) is 10.7 Å². The second-order valence-electron chi connectivity index (χ2n) is 6.07. The van der Waals surface area contributed by atoms with Gasteiger partial charge in [0.15, 0.2) is 9.84 Å². The number of hydrogen-bond acceptors (Lipinski definition) is 4. The van der Waals surface area contributed by atoms with E-state index in [9.17, 15) is 23.1 Å². The maximum atomic E-state index is 12.2. The zero-order chi connectivity index (χ0) is 17.1. The van der Waals surface area contributed by atoms with Crippen molar-refractivity contribution in [2.24, 2.45) is 0 Å². The number of carbonyl (C=O) groups is 2. The van der Waals surface area contributed by atoms with Crippen LogP contribution in [-0.4, -0.2) is 42.9 Å². The fourth-order valence-electron chi connectivity index (χ4n) is 2.73. The Morgan fingerprint density at radius 1 is 1.26 bits per heavy atom. The van der Waals surface area contributed by atoms with E-state index in [1.807, 2.05) is 0 Å². The molecule has 2 N–H and O–H groups in total. The van der Waals surface area contributed by atoms with Crippen molar-refractivity contribution in [2.45, 2.75) is 36.9 Å². The predicted molar refractivity (Wildman–Crippen MR) is 85.9 cm³/mol. The summed E-state index contributed by atoms with van der Waals surface area (Å²) < 4.78 is 23.9. The second kappa shape index (κ2) is 6.70. The summed E-state index contributed by atoms with van der Waals surface area (Å²) in [6, 6.07) is 8.59. The molecular weight excluding hydrogens is 318 g/mol. The third-order valence-electron chi connectivity index (χ3n) is 4.37. The Kier molecular flexibility index (Phi) is 5.09. The summed E-state index contributed by atoms with van der Waals surface area (Å²) >= 11 is 0. The lowest BCUT2D eigenvalue weighted by atomic mass is 9.82. The largest absolute Gasteiger partial charge is 0.481 e. The van der Waals surface area contributed by atoms with Crippen LogP contribution in [0.5, 0.6) is 0 Å². The van der Waals surface area contributed by atoms with Gasteiger partial charge >= 0.3 is 5.97 Å². The lowest BCUT2D eigenvalue weighted by Gasteiger charge is -2.27. The highest BCUT2D eigenvalue weighted by Crippen LogP contribution is 2.24. The zero-order valence-corrected chi connectivity index (χ0v) is 13.8. The van der Waals surface area contributed by atoms with Crippen LogP contribution in [0.3, 0.4) is 0 Å². The Morgan fingerprint density at radius 2 is 1.91 bits per heavy atom. The molecular formula is C16H21NO5S. The van der Waals surface area contributed by atoms with E-state index in [0.29, 0.717) is 24.8 Å². The third-order valence-corrected chi connectivity index (χ3v) is 6.54. The summed E-state index contributed by atoms with van der Waals surface area (Å²) in [6.45, 7) is 1.36. The summed E-state index contributed by atoms with van der Waals surface area (Å²) in [7, 11) is -3.43. The molecule has 1 aliphatic heterocycles. The first-order valence-corrected chi connectivity index (χ1v) is 9.27. The number of hydrogen-bond donors (Lipinski definition) is 2. The lowest BCUT2D eigenvalue weighted by molar-refractivity contribution is -0.143. The van der Waals surface area contributed by atoms with E-state index in [-0.39, 0.29) is 12.3 Å². The molecule has 1 saturated heterocycles. The zero-order valence-electron chi connectivity index (χ0n) is 13.0. The number of amides is 1. The Morgan fingerprint density at radius 3 is 2.48 bits per heavy atom. The van der Waals surface area contributed by atoms with E-state index in [2.05, 4.69) is 5.32 Å². The molecule has 0 bridgehead atoms. The molecule has 1 aliphatic rings. The first-order chi connectivity index (χ1) is 10.8. The van der Waals surface area contributed by atoms with Crippen LogP contribution in [0.2, 0.25) is 0 Å². The van der Waals surface area contributed by atoms with Crippen LogP contribution in [0.25, 0.3) is 0 Å². The molecule has 1 aromatic rings. The first-order valence-electron chi connectivity index (χ1n) is 7.55. The van der Waals surface area contributed by atoms with Crippen molar-refractivity contribution >= 4 is 21.7 Å². The van der Waals surface area contributed by atoms with Crippen LogP contribution in [0.15, 0.2) is 30.3 Å². The van der Waals surface area contributed by atoms with Gasteiger partial charge in [-0.05, 0) is 25.3 Å². The van der Waals surface area contributed by atoms with Crippen molar-refractivity contribution in [1.82, 2.24) is 5.32 Å². The van der Waals surface area contributed by atoms with Gasteiger partial charge in [0, 0.05) is 6.54 Å². The first kappa shape index (κ1) is 17.5. The quantitative estimate of drug-likeness (QED) is 0.837. The van der Waals surface area contributed by atoms with Crippen molar-refractivity contribution in [2.75, 3.05) is 12.3 Å². The molecule has 0 saturated carbocycles. The molecule has 0 spiro atoms. The van der Waals surface area contributed by atoms with Crippen LogP contribution in [0, 0.1) is 0 Å². The highest BCUT2D eigenvalue weighted by atomic mass is 32.2. The van der Waals surface area contributed by atoms with Gasteiger partial charge in [-0.2, -0.15) is 0 Å². The van der Waals surface area contributed by atoms with Crippen LogP contribution >= 0.6 is 0 Å². The number of aliphatic carboxylic acids is 1. The van der Waals surface area contributed by atoms with E-state index in [4.69, 9.17) is 0 Å². The Labute approximate surface area is 135 Å². The second-order valence-corrected chi connectivity index (χ2v) is 8.38. The van der Waals surface area contributed by atoms with E-state index >= 15 is 0 Å². The van der Waals surface area contributed by atoms with E-state index < -0.39 is 32.4 Å². The summed E-state index contributed by atoms with van der Waals surface area (Å²) in [4.78, 5) is 23.9. The SMILES string of the molecule is CC(CNC(=O)C1CCCCS1(=O)=O)(C(=O)O)c1ccccc1. The summed E-state index contributed by atoms with van der Waals surface area (Å²) in [5.41, 5.74) is -0.755. The number of nitrogens with one attached hydrogen (secondary N) is 1. The van der Waals surface area contributed by atoms with Crippen LogP contribution in [-0.2, 0) is 24.8 Å². The molecule has 0 aromatic heterocycles. The van der Waals surface area contributed by atoms with Crippen LogP contribution in [0.4, 0.5) is 0 Å². The number of rotatable bonds is 5. The molecule has 2 atom stereocenters. The molecule has 2 rings (SSSR count). The number of benzene rings is 1. The van der Waals surface area contributed by atoms with Gasteiger partial charge in [0.05, 0.1) is 5.75 Å². The molecule has 1 fully saturated rings. The Bertz CT molecular complexity index is 686. The smallest absolute Gasteiger partial charge is 0.315 e. The van der Waals surface area contributed by atoms with Gasteiger partial charge in [-0.15, -0.1) is 0 Å². The molecule has 1 aromatic carbocycles. The van der Waals surface area contributed by atoms with Crippen molar-refractivity contribution in [3.05, 3.63) is 35.9 Å². The number of sulfone groups is 1. The summed E-state index contributed by atoms with van der Waals surface area (Å²) in [5, 5.41) is 11.0. The van der Waals surface area contributed by atoms with Crippen LogP contribution in [0.1, 0.15) is 31.7 Å². The fraction of sp³-hybridized carbons (Fsp3) is 0.500. The minimum absolute atomic E-state index is 0.0139. The minimum Gasteiger partial charge on any atom is -0.481 e. The summed E-state index contributed by atoms with van der Waals surface area (Å²) in [6.07, 6.45) is 1.55. The van der Waals surface area contributed by atoms with Gasteiger partial charge in [-0.1, -0.05) is 36.8 Å². The van der Waals surface area contributed by atoms with Crippen LogP contribution < -0.4 is 5.32 Å².